The van der Waals surface area contributed by atoms with Gasteiger partial charge in [0.2, 0.25) is 5.91 Å². The van der Waals surface area contributed by atoms with Crippen molar-refractivity contribution in [2.45, 2.75) is 57.7 Å². The van der Waals surface area contributed by atoms with Crippen LogP contribution in [0.5, 0.6) is 5.75 Å². The lowest BCUT2D eigenvalue weighted by atomic mass is 9.96. The normalized spacial score (nSPS) is 18.8. The molecule has 4 rings (SSSR count). The highest BCUT2D eigenvalue weighted by atomic mass is 19.1. The number of piperidine rings is 2. The number of nitriles is 1. The van der Waals surface area contributed by atoms with Crippen LogP contribution < -0.4 is 15.4 Å². The number of alkyl halides is 1. The molecular weight excluding hydrogens is 502 g/mol. The monoisotopic (exact) mass is 538 g/mol. The Balaban J connectivity index is 1.44. The van der Waals surface area contributed by atoms with Crippen molar-refractivity contribution >= 4 is 11.8 Å². The predicted octanol–water partition coefficient (Wildman–Crippen LogP) is 4.60. The standard InChI is InChI=1S/C30H36F2N4O3/c1-30(2,32)19-36-14-11-20(12-15-36)18-39-26-10-9-21(16-22(26)17-33)23-6-5-7-24(31)27(23)29(38)35-28(37)25-8-3-4-13-34-25/h5-7,9-10,16,20,25,34H,3-4,8,11-15,18-19H2,1-2H3,(H,35,37,38)/t25-/m1/s1. The van der Waals surface area contributed by atoms with Crippen LogP contribution in [-0.2, 0) is 4.79 Å². The fourth-order valence-electron chi connectivity index (χ4n) is 5.29. The third-order valence-corrected chi connectivity index (χ3v) is 7.30. The van der Waals surface area contributed by atoms with Crippen LogP contribution in [-0.4, -0.2) is 61.2 Å². The van der Waals surface area contributed by atoms with Gasteiger partial charge in [-0.1, -0.05) is 24.6 Å². The average Bonchev–Trinajstić information content (AvgIpc) is 2.92. The molecule has 2 fully saturated rings. The number of ether oxygens (including phenoxy) is 1. The van der Waals surface area contributed by atoms with Gasteiger partial charge in [0.05, 0.1) is 23.8 Å². The summed E-state index contributed by atoms with van der Waals surface area (Å²) < 4.78 is 34.8. The Bertz CT molecular complexity index is 1220. The van der Waals surface area contributed by atoms with Crippen molar-refractivity contribution in [1.82, 2.24) is 15.5 Å². The molecule has 1 atom stereocenters. The van der Waals surface area contributed by atoms with Gasteiger partial charge in [-0.15, -0.1) is 0 Å². The van der Waals surface area contributed by atoms with Crippen LogP contribution >= 0.6 is 0 Å². The van der Waals surface area contributed by atoms with Gasteiger partial charge >= 0.3 is 0 Å². The zero-order valence-corrected chi connectivity index (χ0v) is 22.6. The van der Waals surface area contributed by atoms with Gasteiger partial charge in [-0.3, -0.25) is 14.9 Å². The van der Waals surface area contributed by atoms with Crippen LogP contribution in [0.4, 0.5) is 8.78 Å². The maximum Gasteiger partial charge on any atom is 0.261 e. The Kier molecular flexibility index (Phi) is 9.31. The molecule has 7 nitrogen and oxygen atoms in total. The van der Waals surface area contributed by atoms with Crippen molar-refractivity contribution < 1.29 is 23.1 Å². The first-order chi connectivity index (χ1) is 18.6. The molecule has 0 saturated carbocycles. The number of rotatable bonds is 8. The van der Waals surface area contributed by atoms with E-state index in [9.17, 15) is 23.6 Å². The number of benzene rings is 2. The third-order valence-electron chi connectivity index (χ3n) is 7.30. The molecule has 208 valence electrons. The molecule has 0 spiro atoms. The van der Waals surface area contributed by atoms with Gasteiger partial charge < -0.3 is 15.0 Å². The van der Waals surface area contributed by atoms with Crippen molar-refractivity contribution in [3.63, 3.8) is 0 Å². The molecule has 2 aromatic rings. The average molecular weight is 539 g/mol. The Hall–Kier alpha value is -3.35. The van der Waals surface area contributed by atoms with E-state index in [2.05, 4.69) is 21.6 Å². The number of likely N-dealkylation sites (tertiary alicyclic amines) is 1. The molecule has 2 heterocycles. The minimum absolute atomic E-state index is 0.248. The summed E-state index contributed by atoms with van der Waals surface area (Å²) in [5.74, 6) is -1.34. The van der Waals surface area contributed by atoms with E-state index >= 15 is 0 Å². The topological polar surface area (TPSA) is 94.5 Å². The molecule has 2 amide bonds. The summed E-state index contributed by atoms with van der Waals surface area (Å²) in [6.45, 7) is 6.31. The second-order valence-electron chi connectivity index (χ2n) is 11.1. The predicted molar refractivity (Wildman–Crippen MR) is 145 cm³/mol. The number of carbonyl (C=O) groups is 2. The lowest BCUT2D eigenvalue weighted by Crippen LogP contribution is -2.48. The van der Waals surface area contributed by atoms with Crippen LogP contribution in [0.2, 0.25) is 0 Å². The van der Waals surface area contributed by atoms with Crippen molar-refractivity contribution in [1.29, 1.82) is 5.26 Å². The van der Waals surface area contributed by atoms with E-state index in [0.717, 1.165) is 38.8 Å². The van der Waals surface area contributed by atoms with Crippen LogP contribution in [0, 0.1) is 23.1 Å². The quantitative estimate of drug-likeness (QED) is 0.477. The van der Waals surface area contributed by atoms with E-state index in [0.29, 0.717) is 43.3 Å². The van der Waals surface area contributed by atoms with Crippen LogP contribution in [0.1, 0.15) is 61.9 Å². The van der Waals surface area contributed by atoms with E-state index in [1.165, 1.54) is 12.1 Å². The first-order valence-electron chi connectivity index (χ1n) is 13.6. The largest absolute Gasteiger partial charge is 0.492 e. The van der Waals surface area contributed by atoms with Crippen molar-refractivity contribution in [2.24, 2.45) is 5.92 Å². The molecule has 2 saturated heterocycles. The van der Waals surface area contributed by atoms with Crippen molar-refractivity contribution in [3.05, 3.63) is 53.3 Å². The van der Waals surface area contributed by atoms with E-state index in [1.807, 2.05) is 0 Å². The summed E-state index contributed by atoms with van der Waals surface area (Å²) in [6.07, 6.45) is 4.23. The Morgan fingerprint density at radius 3 is 2.62 bits per heavy atom. The van der Waals surface area contributed by atoms with E-state index in [4.69, 9.17) is 4.74 Å². The number of hydrogen-bond acceptors (Lipinski definition) is 6. The van der Waals surface area contributed by atoms with Gasteiger partial charge in [0.25, 0.3) is 5.91 Å². The number of halogens is 2. The smallest absolute Gasteiger partial charge is 0.261 e. The lowest BCUT2D eigenvalue weighted by Gasteiger charge is -2.34. The van der Waals surface area contributed by atoms with Gasteiger partial charge in [0, 0.05) is 6.54 Å². The van der Waals surface area contributed by atoms with Gasteiger partial charge in [0.1, 0.15) is 23.3 Å². The first kappa shape index (κ1) is 28.7. The van der Waals surface area contributed by atoms with E-state index in [1.54, 1.807) is 38.1 Å². The van der Waals surface area contributed by atoms with Crippen LogP contribution in [0.3, 0.4) is 0 Å². The molecule has 39 heavy (non-hydrogen) atoms. The molecule has 2 aromatic carbocycles. The van der Waals surface area contributed by atoms with Crippen molar-refractivity contribution in [2.75, 3.05) is 32.8 Å². The number of imide groups is 1. The lowest BCUT2D eigenvalue weighted by molar-refractivity contribution is -0.122. The minimum Gasteiger partial charge on any atom is -0.492 e. The third kappa shape index (κ3) is 7.61. The maximum atomic E-state index is 14.9. The number of carbonyl (C=O) groups excluding carboxylic acids is 2. The van der Waals surface area contributed by atoms with Crippen molar-refractivity contribution in [3.8, 4) is 22.9 Å². The zero-order chi connectivity index (χ0) is 28.0. The summed E-state index contributed by atoms with van der Waals surface area (Å²) in [5, 5.41) is 15.2. The molecular formula is C30H36F2N4O3. The van der Waals surface area contributed by atoms with Gasteiger partial charge in [-0.25, -0.2) is 8.78 Å². The minimum atomic E-state index is -1.23. The molecule has 0 bridgehead atoms. The highest BCUT2D eigenvalue weighted by molar-refractivity contribution is 6.09. The second kappa shape index (κ2) is 12.7. The summed E-state index contributed by atoms with van der Waals surface area (Å²) >= 11 is 0. The molecule has 0 aromatic heterocycles. The molecule has 2 aliphatic rings. The maximum absolute atomic E-state index is 14.9. The number of nitrogens with one attached hydrogen (secondary N) is 2. The van der Waals surface area contributed by atoms with Gasteiger partial charge in [0.15, 0.2) is 0 Å². The Labute approximate surface area is 228 Å². The Morgan fingerprint density at radius 2 is 1.95 bits per heavy atom. The number of hydrogen-bond donors (Lipinski definition) is 2. The number of amides is 2. The fourth-order valence-corrected chi connectivity index (χ4v) is 5.29. The van der Waals surface area contributed by atoms with Gasteiger partial charge in [-0.2, -0.15) is 5.26 Å². The van der Waals surface area contributed by atoms with Crippen LogP contribution in [0.15, 0.2) is 36.4 Å². The Morgan fingerprint density at radius 1 is 1.18 bits per heavy atom. The molecule has 2 N–H and O–H groups in total. The molecule has 9 heteroatoms. The molecule has 0 unspecified atom stereocenters. The SMILES string of the molecule is CC(C)(F)CN1CCC(COc2ccc(-c3cccc(F)c3C(=O)NC(=O)[C@H]3CCCCN3)cc2C#N)CC1. The summed E-state index contributed by atoms with van der Waals surface area (Å²) in [4.78, 5) is 27.7. The molecule has 0 radical (unpaired) electrons. The summed E-state index contributed by atoms with van der Waals surface area (Å²) in [5.41, 5.74) is -0.460. The van der Waals surface area contributed by atoms with Gasteiger partial charge in [-0.05, 0) is 94.4 Å². The highest BCUT2D eigenvalue weighted by Crippen LogP contribution is 2.31. The summed E-state index contributed by atoms with van der Waals surface area (Å²) in [6, 6.07) is 10.8. The summed E-state index contributed by atoms with van der Waals surface area (Å²) in [7, 11) is 0. The number of nitrogens with zero attached hydrogens (tertiary/aromatic N) is 2. The second-order valence-corrected chi connectivity index (χ2v) is 11.1. The molecule has 2 aliphatic heterocycles. The highest BCUT2D eigenvalue weighted by Gasteiger charge is 2.27. The zero-order valence-electron chi connectivity index (χ0n) is 22.6. The first-order valence-corrected chi connectivity index (χ1v) is 13.6. The van der Waals surface area contributed by atoms with E-state index < -0.39 is 29.3 Å². The fraction of sp³-hybridized carbons (Fsp3) is 0.500. The molecule has 0 aliphatic carbocycles. The van der Waals surface area contributed by atoms with E-state index in [-0.39, 0.29) is 16.7 Å². The van der Waals surface area contributed by atoms with Crippen LogP contribution in [0.25, 0.3) is 11.1 Å².